The van der Waals surface area contributed by atoms with Gasteiger partial charge in [-0.3, -0.25) is 4.90 Å². The van der Waals surface area contributed by atoms with E-state index in [1.54, 1.807) is 6.92 Å². The number of nitrogens with zero attached hydrogens (tertiary/aromatic N) is 2. The van der Waals surface area contributed by atoms with Crippen molar-refractivity contribution in [1.82, 2.24) is 9.88 Å². The lowest BCUT2D eigenvalue weighted by molar-refractivity contribution is -0.143. The first-order valence-electron chi connectivity index (χ1n) is 10.2. The minimum atomic E-state index is -4.94. The van der Waals surface area contributed by atoms with Gasteiger partial charge in [0.05, 0.1) is 11.1 Å². The second kappa shape index (κ2) is 8.70. The summed E-state index contributed by atoms with van der Waals surface area (Å²) in [4.78, 5) is 6.50. The lowest BCUT2D eigenvalue weighted by Crippen LogP contribution is -2.28. The van der Waals surface area contributed by atoms with Gasteiger partial charge in [-0.25, -0.2) is 4.98 Å². The Hall–Kier alpha value is -3.07. The summed E-state index contributed by atoms with van der Waals surface area (Å²) in [6.45, 7) is 3.76. The monoisotopic (exact) mass is 466 g/mol. The van der Waals surface area contributed by atoms with Crippen LogP contribution in [-0.2, 0) is 18.9 Å². The Bertz CT molecular complexity index is 1130. The van der Waals surface area contributed by atoms with E-state index < -0.39 is 23.5 Å². The molecular formula is C24H20F6N2O. The van der Waals surface area contributed by atoms with Gasteiger partial charge in [-0.15, -0.1) is 0 Å². The summed E-state index contributed by atoms with van der Waals surface area (Å²) in [7, 11) is 0. The second-order valence-corrected chi connectivity index (χ2v) is 7.92. The molecule has 0 fully saturated rings. The third-order valence-corrected chi connectivity index (χ3v) is 5.48. The van der Waals surface area contributed by atoms with E-state index in [0.717, 1.165) is 18.7 Å². The number of halogens is 6. The summed E-state index contributed by atoms with van der Waals surface area (Å²) < 4.78 is 84.6. The predicted octanol–water partition coefficient (Wildman–Crippen LogP) is 6.98. The zero-order valence-corrected chi connectivity index (χ0v) is 17.6. The molecule has 0 aliphatic carbocycles. The molecule has 1 aliphatic heterocycles. The maximum absolute atomic E-state index is 13.2. The molecule has 1 aromatic heterocycles. The Labute approximate surface area is 186 Å². The molecule has 0 radical (unpaired) electrons. The molecule has 174 valence electrons. The number of alkyl halides is 6. The number of benzene rings is 2. The molecular weight excluding hydrogens is 446 g/mol. The molecule has 0 unspecified atom stereocenters. The number of oxazole rings is 1. The van der Waals surface area contributed by atoms with Crippen LogP contribution >= 0.6 is 0 Å². The number of aromatic nitrogens is 1. The molecule has 3 aromatic rings. The van der Waals surface area contributed by atoms with E-state index in [1.807, 2.05) is 36.4 Å². The Morgan fingerprint density at radius 3 is 2.12 bits per heavy atom. The van der Waals surface area contributed by atoms with Crippen molar-refractivity contribution in [2.75, 3.05) is 13.1 Å². The van der Waals surface area contributed by atoms with Crippen LogP contribution < -0.4 is 0 Å². The van der Waals surface area contributed by atoms with Gasteiger partial charge in [0.2, 0.25) is 5.89 Å². The molecule has 2 heterocycles. The van der Waals surface area contributed by atoms with E-state index in [0.29, 0.717) is 36.6 Å². The second-order valence-electron chi connectivity index (χ2n) is 7.92. The van der Waals surface area contributed by atoms with Gasteiger partial charge in [-0.1, -0.05) is 36.4 Å². The van der Waals surface area contributed by atoms with Crippen LogP contribution in [-0.4, -0.2) is 23.0 Å². The Balaban J connectivity index is 1.60. The summed E-state index contributed by atoms with van der Waals surface area (Å²) in [5.74, 6) is 0.0745. The Morgan fingerprint density at radius 2 is 1.58 bits per heavy atom. The highest BCUT2D eigenvalue weighted by Crippen LogP contribution is 2.39. The van der Waals surface area contributed by atoms with Crippen LogP contribution in [0.2, 0.25) is 0 Å². The zero-order chi connectivity index (χ0) is 23.8. The molecule has 9 heteroatoms. The Morgan fingerprint density at radius 1 is 0.939 bits per heavy atom. The molecule has 0 N–H and O–H groups in total. The van der Waals surface area contributed by atoms with Crippen molar-refractivity contribution < 1.29 is 30.8 Å². The lowest BCUT2D eigenvalue weighted by atomic mass is 10.0. The molecule has 0 amide bonds. The maximum atomic E-state index is 13.2. The van der Waals surface area contributed by atoms with Crippen LogP contribution in [0.25, 0.3) is 17.0 Å². The van der Waals surface area contributed by atoms with E-state index >= 15 is 0 Å². The summed E-state index contributed by atoms with van der Waals surface area (Å²) in [5.41, 5.74) is -0.686. The van der Waals surface area contributed by atoms with E-state index in [4.69, 9.17) is 4.42 Å². The fourth-order valence-corrected chi connectivity index (χ4v) is 3.81. The van der Waals surface area contributed by atoms with E-state index in [9.17, 15) is 26.3 Å². The smallest absolute Gasteiger partial charge is 0.416 e. The SMILES string of the molecule is Cc1oc(-c2cc(C(F)(F)F)cc(C(F)(F)F)c2)nc1C1=CCN(Cc2ccccc2)CC1. The van der Waals surface area contributed by atoms with Gasteiger partial charge in [0.25, 0.3) is 0 Å². The highest BCUT2D eigenvalue weighted by molar-refractivity contribution is 5.68. The molecule has 4 rings (SSSR count). The number of hydrogen-bond donors (Lipinski definition) is 0. The van der Waals surface area contributed by atoms with Gasteiger partial charge in [0.15, 0.2) is 0 Å². The van der Waals surface area contributed by atoms with E-state index in [-0.39, 0.29) is 17.5 Å². The quantitative estimate of drug-likeness (QED) is 0.389. The molecule has 0 spiro atoms. The van der Waals surface area contributed by atoms with Crippen molar-refractivity contribution in [2.24, 2.45) is 0 Å². The van der Waals surface area contributed by atoms with Gasteiger partial charge in [-0.2, -0.15) is 26.3 Å². The number of rotatable bonds is 4. The Kier molecular flexibility index (Phi) is 6.09. The van der Waals surface area contributed by atoms with Gasteiger partial charge >= 0.3 is 12.4 Å². The molecule has 0 bridgehead atoms. The summed E-state index contributed by atoms with van der Waals surface area (Å²) >= 11 is 0. The van der Waals surface area contributed by atoms with Crippen LogP contribution in [0.4, 0.5) is 26.3 Å². The van der Waals surface area contributed by atoms with Crippen LogP contribution in [0.15, 0.2) is 59.0 Å². The van der Waals surface area contributed by atoms with Gasteiger partial charge < -0.3 is 4.42 Å². The standard InChI is InChI=1S/C24H20F6N2O/c1-15-21(17-7-9-32(10-8-17)14-16-5-3-2-4-6-16)31-22(33-15)18-11-19(23(25,26)27)13-20(12-18)24(28,29)30/h2-7,11-13H,8-10,14H2,1H3. The van der Waals surface area contributed by atoms with E-state index in [2.05, 4.69) is 9.88 Å². The molecule has 0 atom stereocenters. The predicted molar refractivity (Wildman–Crippen MR) is 111 cm³/mol. The zero-order valence-electron chi connectivity index (χ0n) is 17.6. The average molecular weight is 466 g/mol. The number of aryl methyl sites for hydroxylation is 1. The highest BCUT2D eigenvalue weighted by atomic mass is 19.4. The third kappa shape index (κ3) is 5.30. The van der Waals surface area contributed by atoms with E-state index in [1.165, 1.54) is 5.56 Å². The summed E-state index contributed by atoms with van der Waals surface area (Å²) in [6.07, 6.45) is -7.27. The van der Waals surface area contributed by atoms with Crippen molar-refractivity contribution in [3.8, 4) is 11.5 Å². The highest BCUT2D eigenvalue weighted by Gasteiger charge is 2.37. The van der Waals surface area contributed by atoms with Gasteiger partial charge in [-0.05, 0) is 42.7 Å². The fourth-order valence-electron chi connectivity index (χ4n) is 3.81. The largest absolute Gasteiger partial charge is 0.441 e. The maximum Gasteiger partial charge on any atom is 0.416 e. The van der Waals surface area contributed by atoms with Crippen molar-refractivity contribution >= 4 is 5.57 Å². The first-order chi connectivity index (χ1) is 15.5. The third-order valence-electron chi connectivity index (χ3n) is 5.48. The van der Waals surface area contributed by atoms with Crippen LogP contribution in [0, 0.1) is 6.92 Å². The molecule has 3 nitrogen and oxygen atoms in total. The molecule has 0 saturated carbocycles. The van der Waals surface area contributed by atoms with Crippen molar-refractivity contribution in [1.29, 1.82) is 0 Å². The first-order valence-corrected chi connectivity index (χ1v) is 10.2. The minimum absolute atomic E-state index is 0.0885. The first kappa shape index (κ1) is 23.1. The molecule has 33 heavy (non-hydrogen) atoms. The molecule has 1 aliphatic rings. The van der Waals surface area contributed by atoms with Crippen LogP contribution in [0.3, 0.4) is 0 Å². The normalized spacial score (nSPS) is 15.5. The summed E-state index contributed by atoms with van der Waals surface area (Å²) in [6, 6.07) is 11.3. The lowest BCUT2D eigenvalue weighted by Gasteiger charge is -2.25. The van der Waals surface area contributed by atoms with Gasteiger partial charge in [0, 0.05) is 25.2 Å². The summed E-state index contributed by atoms with van der Waals surface area (Å²) in [5, 5.41) is 0. The molecule has 2 aromatic carbocycles. The fraction of sp³-hybridized carbons (Fsp3) is 0.292. The minimum Gasteiger partial charge on any atom is -0.441 e. The van der Waals surface area contributed by atoms with Gasteiger partial charge in [0.1, 0.15) is 11.5 Å². The topological polar surface area (TPSA) is 29.3 Å². The van der Waals surface area contributed by atoms with Crippen LogP contribution in [0.1, 0.15) is 34.6 Å². The molecule has 0 saturated heterocycles. The van der Waals surface area contributed by atoms with Crippen molar-refractivity contribution in [2.45, 2.75) is 32.2 Å². The van der Waals surface area contributed by atoms with Crippen LogP contribution in [0.5, 0.6) is 0 Å². The average Bonchev–Trinajstić information content (AvgIpc) is 3.15. The van der Waals surface area contributed by atoms with Crippen molar-refractivity contribution in [3.05, 3.63) is 82.8 Å². The van der Waals surface area contributed by atoms with Crippen molar-refractivity contribution in [3.63, 3.8) is 0 Å². The number of hydrogen-bond acceptors (Lipinski definition) is 3.